The summed E-state index contributed by atoms with van der Waals surface area (Å²) in [6, 6.07) is 8.13. The van der Waals surface area contributed by atoms with E-state index in [9.17, 15) is 0 Å². The first kappa shape index (κ1) is 15.0. The molecule has 0 radical (unpaired) electrons. The van der Waals surface area contributed by atoms with Gasteiger partial charge in [-0.1, -0.05) is 12.1 Å². The standard InChI is InChI=1S/C14H24N2O2/c1-17-11-3-8-15-9-10-16-12-13-4-6-14(18-2)7-5-13/h4-7,15-16H,3,8-12H2,1-2H3. The number of benzene rings is 1. The van der Waals surface area contributed by atoms with Crippen LogP contribution in [0.1, 0.15) is 12.0 Å². The fourth-order valence-corrected chi connectivity index (χ4v) is 1.62. The number of methoxy groups -OCH3 is 2. The van der Waals surface area contributed by atoms with Gasteiger partial charge in [0, 0.05) is 33.4 Å². The van der Waals surface area contributed by atoms with Crippen molar-refractivity contribution in [2.45, 2.75) is 13.0 Å². The Kier molecular flexibility index (Phi) is 8.21. The minimum atomic E-state index is 0.826. The van der Waals surface area contributed by atoms with E-state index in [0.717, 1.165) is 45.0 Å². The molecule has 0 spiro atoms. The van der Waals surface area contributed by atoms with Crippen molar-refractivity contribution in [1.82, 2.24) is 10.6 Å². The number of ether oxygens (including phenoxy) is 2. The second kappa shape index (κ2) is 9.88. The largest absolute Gasteiger partial charge is 0.497 e. The van der Waals surface area contributed by atoms with E-state index < -0.39 is 0 Å². The Morgan fingerprint density at radius 3 is 2.33 bits per heavy atom. The average molecular weight is 252 g/mol. The molecule has 0 aromatic heterocycles. The zero-order chi connectivity index (χ0) is 13.1. The third kappa shape index (κ3) is 6.59. The second-order valence-electron chi connectivity index (χ2n) is 4.12. The molecule has 1 aromatic rings. The van der Waals surface area contributed by atoms with E-state index >= 15 is 0 Å². The second-order valence-corrected chi connectivity index (χ2v) is 4.12. The summed E-state index contributed by atoms with van der Waals surface area (Å²) in [6.07, 6.45) is 1.06. The Morgan fingerprint density at radius 1 is 0.944 bits per heavy atom. The summed E-state index contributed by atoms with van der Waals surface area (Å²) in [5.41, 5.74) is 1.27. The van der Waals surface area contributed by atoms with E-state index in [1.165, 1.54) is 5.56 Å². The van der Waals surface area contributed by atoms with Gasteiger partial charge in [0.2, 0.25) is 0 Å². The molecule has 0 unspecified atom stereocenters. The van der Waals surface area contributed by atoms with Gasteiger partial charge in [-0.05, 0) is 30.7 Å². The van der Waals surface area contributed by atoms with Gasteiger partial charge in [0.1, 0.15) is 5.75 Å². The lowest BCUT2D eigenvalue weighted by atomic mass is 10.2. The van der Waals surface area contributed by atoms with E-state index in [1.807, 2.05) is 12.1 Å². The summed E-state index contributed by atoms with van der Waals surface area (Å²) in [6.45, 7) is 4.69. The molecular weight excluding hydrogens is 228 g/mol. The van der Waals surface area contributed by atoms with Gasteiger partial charge >= 0.3 is 0 Å². The molecule has 1 aromatic carbocycles. The first-order chi connectivity index (χ1) is 8.86. The van der Waals surface area contributed by atoms with Crippen molar-refractivity contribution in [3.05, 3.63) is 29.8 Å². The Balaban J connectivity index is 2.00. The molecule has 0 saturated carbocycles. The molecule has 0 aliphatic heterocycles. The van der Waals surface area contributed by atoms with Gasteiger partial charge in [-0.25, -0.2) is 0 Å². The van der Waals surface area contributed by atoms with Gasteiger partial charge in [0.15, 0.2) is 0 Å². The molecule has 2 N–H and O–H groups in total. The SMILES string of the molecule is COCCCNCCNCc1ccc(OC)cc1. The maximum atomic E-state index is 5.12. The zero-order valence-corrected chi connectivity index (χ0v) is 11.4. The molecule has 0 fully saturated rings. The van der Waals surface area contributed by atoms with Gasteiger partial charge in [0.05, 0.1) is 7.11 Å². The predicted octanol–water partition coefficient (Wildman–Crippen LogP) is 1.41. The molecule has 102 valence electrons. The van der Waals surface area contributed by atoms with Crippen molar-refractivity contribution in [1.29, 1.82) is 0 Å². The lowest BCUT2D eigenvalue weighted by Crippen LogP contribution is -2.28. The number of nitrogens with one attached hydrogen (secondary N) is 2. The molecule has 0 bridgehead atoms. The van der Waals surface area contributed by atoms with Crippen LogP contribution in [0.4, 0.5) is 0 Å². The molecule has 0 aliphatic rings. The van der Waals surface area contributed by atoms with Crippen LogP contribution in [0.2, 0.25) is 0 Å². The van der Waals surface area contributed by atoms with Crippen LogP contribution in [0.3, 0.4) is 0 Å². The van der Waals surface area contributed by atoms with Crippen LogP contribution in [-0.4, -0.2) is 40.5 Å². The number of hydrogen-bond acceptors (Lipinski definition) is 4. The van der Waals surface area contributed by atoms with Crippen LogP contribution in [-0.2, 0) is 11.3 Å². The molecule has 1 rings (SSSR count). The molecule has 18 heavy (non-hydrogen) atoms. The molecule has 4 heteroatoms. The van der Waals surface area contributed by atoms with Crippen molar-refractivity contribution in [3.63, 3.8) is 0 Å². The molecule has 4 nitrogen and oxygen atoms in total. The van der Waals surface area contributed by atoms with Crippen molar-refractivity contribution >= 4 is 0 Å². The third-order valence-corrected chi connectivity index (χ3v) is 2.67. The van der Waals surface area contributed by atoms with Gasteiger partial charge in [-0.2, -0.15) is 0 Å². The van der Waals surface area contributed by atoms with Crippen LogP contribution >= 0.6 is 0 Å². The van der Waals surface area contributed by atoms with Gasteiger partial charge < -0.3 is 20.1 Å². The molecule has 0 aliphatic carbocycles. The maximum Gasteiger partial charge on any atom is 0.118 e. The summed E-state index contributed by atoms with van der Waals surface area (Å²) >= 11 is 0. The van der Waals surface area contributed by atoms with E-state index in [-0.39, 0.29) is 0 Å². The molecule has 0 saturated heterocycles. The quantitative estimate of drug-likeness (QED) is 0.618. The summed E-state index contributed by atoms with van der Waals surface area (Å²) in [5.74, 6) is 0.901. The lowest BCUT2D eigenvalue weighted by Gasteiger charge is -2.07. The highest BCUT2D eigenvalue weighted by Crippen LogP contribution is 2.10. The zero-order valence-electron chi connectivity index (χ0n) is 11.4. The van der Waals surface area contributed by atoms with E-state index in [1.54, 1.807) is 14.2 Å². The fourth-order valence-electron chi connectivity index (χ4n) is 1.62. The highest BCUT2D eigenvalue weighted by molar-refractivity contribution is 5.26. The van der Waals surface area contributed by atoms with Gasteiger partial charge in [0.25, 0.3) is 0 Å². The topological polar surface area (TPSA) is 42.5 Å². The molecular formula is C14H24N2O2. The Labute approximate surface area is 110 Å². The summed E-state index contributed by atoms with van der Waals surface area (Å²) < 4.78 is 10.1. The molecule has 0 atom stereocenters. The number of rotatable bonds is 10. The van der Waals surface area contributed by atoms with Crippen molar-refractivity contribution < 1.29 is 9.47 Å². The number of hydrogen-bond donors (Lipinski definition) is 2. The predicted molar refractivity (Wildman–Crippen MR) is 74.1 cm³/mol. The fraction of sp³-hybridized carbons (Fsp3) is 0.571. The maximum absolute atomic E-state index is 5.12. The monoisotopic (exact) mass is 252 g/mol. The first-order valence-electron chi connectivity index (χ1n) is 6.40. The van der Waals surface area contributed by atoms with Crippen molar-refractivity contribution in [2.24, 2.45) is 0 Å². The van der Waals surface area contributed by atoms with E-state index in [2.05, 4.69) is 22.8 Å². The highest BCUT2D eigenvalue weighted by Gasteiger charge is 1.94. The Hall–Kier alpha value is -1.10. The molecule has 0 amide bonds. The van der Waals surface area contributed by atoms with Gasteiger partial charge in [-0.3, -0.25) is 0 Å². The van der Waals surface area contributed by atoms with Crippen LogP contribution in [0.15, 0.2) is 24.3 Å². The lowest BCUT2D eigenvalue weighted by molar-refractivity contribution is 0.194. The van der Waals surface area contributed by atoms with Crippen molar-refractivity contribution in [2.75, 3.05) is 40.5 Å². The molecule has 0 heterocycles. The summed E-state index contributed by atoms with van der Waals surface area (Å²) in [4.78, 5) is 0. The van der Waals surface area contributed by atoms with Crippen LogP contribution < -0.4 is 15.4 Å². The highest BCUT2D eigenvalue weighted by atomic mass is 16.5. The Bertz CT molecular complexity index is 301. The minimum absolute atomic E-state index is 0.826. The van der Waals surface area contributed by atoms with E-state index in [4.69, 9.17) is 9.47 Å². The smallest absolute Gasteiger partial charge is 0.118 e. The van der Waals surface area contributed by atoms with E-state index in [0.29, 0.717) is 0 Å². The van der Waals surface area contributed by atoms with Crippen LogP contribution in [0.25, 0.3) is 0 Å². The van der Waals surface area contributed by atoms with Crippen molar-refractivity contribution in [3.8, 4) is 5.75 Å². The first-order valence-corrected chi connectivity index (χ1v) is 6.40. The van der Waals surface area contributed by atoms with Gasteiger partial charge in [-0.15, -0.1) is 0 Å². The summed E-state index contributed by atoms with van der Waals surface area (Å²) in [5, 5.41) is 6.76. The minimum Gasteiger partial charge on any atom is -0.497 e. The normalized spacial score (nSPS) is 10.6. The summed E-state index contributed by atoms with van der Waals surface area (Å²) in [7, 11) is 3.42. The Morgan fingerprint density at radius 2 is 1.67 bits per heavy atom. The average Bonchev–Trinajstić information content (AvgIpc) is 2.42. The van der Waals surface area contributed by atoms with Crippen LogP contribution in [0, 0.1) is 0 Å². The van der Waals surface area contributed by atoms with Crippen LogP contribution in [0.5, 0.6) is 5.75 Å². The third-order valence-electron chi connectivity index (χ3n) is 2.67.